The van der Waals surface area contributed by atoms with Crippen molar-refractivity contribution in [3.8, 4) is 0 Å². The van der Waals surface area contributed by atoms with Gasteiger partial charge in [0.1, 0.15) is 6.33 Å². The van der Waals surface area contributed by atoms with Crippen LogP contribution in [0.1, 0.15) is 16.1 Å². The Morgan fingerprint density at radius 2 is 2.13 bits per heavy atom. The van der Waals surface area contributed by atoms with Crippen molar-refractivity contribution in [1.29, 1.82) is 0 Å². The Labute approximate surface area is 87.0 Å². The Hall–Kier alpha value is -2.10. The molecule has 2 heterocycles. The van der Waals surface area contributed by atoms with Gasteiger partial charge in [-0.15, -0.1) is 0 Å². The van der Waals surface area contributed by atoms with Gasteiger partial charge in [0.25, 0.3) is 0 Å². The highest BCUT2D eigenvalue weighted by molar-refractivity contribution is 5.96. The lowest BCUT2D eigenvalue weighted by Crippen LogP contribution is -2.05. The highest BCUT2D eigenvalue weighted by atomic mass is 16.1. The average Bonchev–Trinajstić information content (AvgIpc) is 2.31. The van der Waals surface area contributed by atoms with E-state index in [0.29, 0.717) is 5.56 Å². The normalized spacial score (nSPS) is 9.87. The van der Waals surface area contributed by atoms with E-state index >= 15 is 0 Å². The molecule has 0 aromatic carbocycles. The summed E-state index contributed by atoms with van der Waals surface area (Å²) in [6.07, 6.45) is 6.55. The summed E-state index contributed by atoms with van der Waals surface area (Å²) in [5.74, 6) is 0.0156. The van der Waals surface area contributed by atoms with Crippen LogP contribution in [0.5, 0.6) is 0 Å². The third-order valence-electron chi connectivity index (χ3n) is 1.97. The third kappa shape index (κ3) is 2.43. The van der Waals surface area contributed by atoms with Gasteiger partial charge in [0.15, 0.2) is 5.78 Å². The van der Waals surface area contributed by atoms with Gasteiger partial charge in [-0.25, -0.2) is 9.97 Å². The summed E-state index contributed by atoms with van der Waals surface area (Å²) in [5, 5.41) is 0. The third-order valence-corrected chi connectivity index (χ3v) is 1.97. The largest absolute Gasteiger partial charge is 0.294 e. The molecule has 74 valence electrons. The first-order chi connectivity index (χ1) is 7.36. The van der Waals surface area contributed by atoms with E-state index in [4.69, 9.17) is 0 Å². The van der Waals surface area contributed by atoms with Crippen LogP contribution >= 0.6 is 0 Å². The smallest absolute Gasteiger partial charge is 0.170 e. The molecule has 0 spiro atoms. The van der Waals surface area contributed by atoms with E-state index in [1.54, 1.807) is 36.8 Å². The van der Waals surface area contributed by atoms with Gasteiger partial charge in [0.2, 0.25) is 0 Å². The number of nitrogens with zero attached hydrogens (tertiary/aromatic N) is 3. The molecule has 0 aliphatic rings. The molecule has 0 N–H and O–H groups in total. The maximum absolute atomic E-state index is 11.7. The van der Waals surface area contributed by atoms with Gasteiger partial charge >= 0.3 is 0 Å². The summed E-state index contributed by atoms with van der Waals surface area (Å²) >= 11 is 0. The second kappa shape index (κ2) is 4.41. The number of aromatic nitrogens is 3. The quantitative estimate of drug-likeness (QED) is 0.699. The van der Waals surface area contributed by atoms with Gasteiger partial charge in [-0.1, -0.05) is 0 Å². The van der Waals surface area contributed by atoms with E-state index in [9.17, 15) is 4.79 Å². The van der Waals surface area contributed by atoms with Crippen molar-refractivity contribution >= 4 is 5.78 Å². The Kier molecular flexibility index (Phi) is 2.78. The molecule has 0 aliphatic heterocycles. The van der Waals surface area contributed by atoms with Crippen LogP contribution in [0.15, 0.2) is 43.1 Å². The van der Waals surface area contributed by atoms with Crippen molar-refractivity contribution in [3.05, 3.63) is 54.4 Å². The van der Waals surface area contributed by atoms with Gasteiger partial charge < -0.3 is 0 Å². The molecule has 4 nitrogen and oxygen atoms in total. The minimum Gasteiger partial charge on any atom is -0.294 e. The van der Waals surface area contributed by atoms with Crippen LogP contribution in [0.25, 0.3) is 0 Å². The predicted octanol–water partition coefficient (Wildman–Crippen LogP) is 1.30. The number of carbonyl (C=O) groups excluding carboxylic acids is 1. The first kappa shape index (κ1) is 9.45. The van der Waals surface area contributed by atoms with E-state index in [0.717, 1.165) is 5.69 Å². The van der Waals surface area contributed by atoms with Crippen LogP contribution in [-0.2, 0) is 6.42 Å². The second-order valence-corrected chi connectivity index (χ2v) is 3.04. The summed E-state index contributed by atoms with van der Waals surface area (Å²) < 4.78 is 0. The van der Waals surface area contributed by atoms with Crippen LogP contribution in [0.4, 0.5) is 0 Å². The SMILES string of the molecule is O=C(Cc1ccncn1)c1cccnc1. The van der Waals surface area contributed by atoms with Crippen LogP contribution in [0.3, 0.4) is 0 Å². The molecule has 0 unspecified atom stereocenters. The summed E-state index contributed by atoms with van der Waals surface area (Å²) in [7, 11) is 0. The second-order valence-electron chi connectivity index (χ2n) is 3.04. The van der Waals surface area contributed by atoms with Crippen LogP contribution in [0.2, 0.25) is 0 Å². The highest BCUT2D eigenvalue weighted by Gasteiger charge is 2.06. The molecule has 0 atom stereocenters. The van der Waals surface area contributed by atoms with Crippen molar-refractivity contribution < 1.29 is 4.79 Å². The highest BCUT2D eigenvalue weighted by Crippen LogP contribution is 2.02. The number of ketones is 1. The molecule has 0 aliphatic carbocycles. The lowest BCUT2D eigenvalue weighted by atomic mass is 10.1. The Bertz CT molecular complexity index is 442. The van der Waals surface area contributed by atoms with Gasteiger partial charge in [-0.2, -0.15) is 0 Å². The number of Topliss-reactive ketones (excluding diaryl/α,β-unsaturated/α-hetero) is 1. The van der Waals surface area contributed by atoms with Gasteiger partial charge in [-0.05, 0) is 18.2 Å². The van der Waals surface area contributed by atoms with Crippen molar-refractivity contribution in [2.45, 2.75) is 6.42 Å². The molecular weight excluding hydrogens is 190 g/mol. The summed E-state index contributed by atoms with van der Waals surface area (Å²) in [6.45, 7) is 0. The molecule has 2 rings (SSSR count). The lowest BCUT2D eigenvalue weighted by molar-refractivity contribution is 0.0991. The topological polar surface area (TPSA) is 55.7 Å². The number of hydrogen-bond donors (Lipinski definition) is 0. The maximum atomic E-state index is 11.7. The fourth-order valence-electron chi connectivity index (χ4n) is 1.22. The molecule has 15 heavy (non-hydrogen) atoms. The Balaban J connectivity index is 2.12. The van der Waals surface area contributed by atoms with Gasteiger partial charge in [-0.3, -0.25) is 9.78 Å². The number of pyridine rings is 1. The van der Waals surface area contributed by atoms with Gasteiger partial charge in [0, 0.05) is 24.2 Å². The Morgan fingerprint density at radius 3 is 2.80 bits per heavy atom. The molecule has 0 bridgehead atoms. The average molecular weight is 199 g/mol. The zero-order valence-electron chi connectivity index (χ0n) is 8.00. The van der Waals surface area contributed by atoms with Crippen molar-refractivity contribution in [3.63, 3.8) is 0 Å². The minimum atomic E-state index is 0.0156. The molecular formula is C11H9N3O. The molecule has 2 aromatic heterocycles. The number of hydrogen-bond acceptors (Lipinski definition) is 4. The molecule has 4 heteroatoms. The number of carbonyl (C=O) groups is 1. The molecule has 2 aromatic rings. The maximum Gasteiger partial charge on any atom is 0.170 e. The van der Waals surface area contributed by atoms with E-state index in [1.165, 1.54) is 6.33 Å². The molecule has 0 radical (unpaired) electrons. The fourth-order valence-corrected chi connectivity index (χ4v) is 1.22. The van der Waals surface area contributed by atoms with E-state index in [-0.39, 0.29) is 12.2 Å². The molecule has 0 amide bonds. The fraction of sp³-hybridized carbons (Fsp3) is 0.0909. The van der Waals surface area contributed by atoms with E-state index in [1.807, 2.05) is 0 Å². The van der Waals surface area contributed by atoms with Crippen molar-refractivity contribution in [2.75, 3.05) is 0 Å². The predicted molar refractivity (Wildman–Crippen MR) is 54.3 cm³/mol. The minimum absolute atomic E-state index is 0.0156. The van der Waals surface area contributed by atoms with Crippen LogP contribution < -0.4 is 0 Å². The van der Waals surface area contributed by atoms with E-state index < -0.39 is 0 Å². The van der Waals surface area contributed by atoms with Crippen LogP contribution in [0, 0.1) is 0 Å². The molecule has 0 fully saturated rings. The first-order valence-corrected chi connectivity index (χ1v) is 4.54. The number of rotatable bonds is 3. The lowest BCUT2D eigenvalue weighted by Gasteiger charge is -1.98. The monoisotopic (exact) mass is 199 g/mol. The summed E-state index contributed by atoms with van der Waals surface area (Å²) in [6, 6.07) is 5.22. The summed E-state index contributed by atoms with van der Waals surface area (Å²) in [4.78, 5) is 23.4. The van der Waals surface area contributed by atoms with Gasteiger partial charge in [0.05, 0.1) is 12.1 Å². The standard InChI is InChI=1S/C11H9N3O/c15-11(9-2-1-4-12-7-9)6-10-3-5-13-8-14-10/h1-5,7-8H,6H2. The Morgan fingerprint density at radius 1 is 1.20 bits per heavy atom. The molecule has 0 saturated carbocycles. The molecule has 0 saturated heterocycles. The van der Waals surface area contributed by atoms with Crippen LogP contribution in [-0.4, -0.2) is 20.7 Å². The van der Waals surface area contributed by atoms with Crippen molar-refractivity contribution in [2.24, 2.45) is 0 Å². The zero-order valence-corrected chi connectivity index (χ0v) is 8.00. The van der Waals surface area contributed by atoms with E-state index in [2.05, 4.69) is 15.0 Å². The zero-order chi connectivity index (χ0) is 10.5. The summed E-state index contributed by atoms with van der Waals surface area (Å²) in [5.41, 5.74) is 1.33. The van der Waals surface area contributed by atoms with Crippen molar-refractivity contribution in [1.82, 2.24) is 15.0 Å². The first-order valence-electron chi connectivity index (χ1n) is 4.54.